The molecule has 0 bridgehead atoms. The number of thiophene rings is 1. The molecule has 1 amide bonds. The van der Waals surface area contributed by atoms with Crippen molar-refractivity contribution in [2.45, 2.75) is 36.8 Å². The smallest absolute Gasteiger partial charge is 0.258 e. The summed E-state index contributed by atoms with van der Waals surface area (Å²) in [5, 5.41) is 15.2. The minimum atomic E-state index is -0.422. The van der Waals surface area contributed by atoms with Crippen LogP contribution in [0.15, 0.2) is 21.9 Å². The molecule has 0 saturated carbocycles. The Kier molecular flexibility index (Phi) is 6.21. The van der Waals surface area contributed by atoms with Gasteiger partial charge in [0, 0.05) is 23.2 Å². The first-order valence-electron chi connectivity index (χ1n) is 7.16. The predicted molar refractivity (Wildman–Crippen MR) is 98.4 cm³/mol. The number of amides is 1. The Balaban J connectivity index is 1.88. The molecule has 4 N–H and O–H groups in total. The average Bonchev–Trinajstić information content (AvgIpc) is 3.10. The van der Waals surface area contributed by atoms with Gasteiger partial charge in [0.25, 0.3) is 5.91 Å². The quantitative estimate of drug-likeness (QED) is 0.651. The number of carbonyl (C=O) groups is 1. The summed E-state index contributed by atoms with van der Waals surface area (Å²) in [6.45, 7) is 6.77. The third-order valence-electron chi connectivity index (χ3n) is 2.85. The van der Waals surface area contributed by atoms with E-state index in [4.69, 9.17) is 5.73 Å². The van der Waals surface area contributed by atoms with Gasteiger partial charge in [-0.1, -0.05) is 11.8 Å². The minimum Gasteiger partial charge on any atom is -0.391 e. The van der Waals surface area contributed by atoms with Crippen LogP contribution in [0, 0.1) is 0 Å². The lowest BCUT2D eigenvalue weighted by atomic mass is 10.1. The molecule has 0 aliphatic carbocycles. The van der Waals surface area contributed by atoms with Crippen molar-refractivity contribution in [3.05, 3.63) is 22.4 Å². The van der Waals surface area contributed by atoms with Crippen molar-refractivity contribution < 1.29 is 9.90 Å². The third-order valence-corrected chi connectivity index (χ3v) is 6.14. The highest BCUT2D eigenvalue weighted by molar-refractivity contribution is 8.01. The molecule has 2 heterocycles. The summed E-state index contributed by atoms with van der Waals surface area (Å²) in [5.74, 6) is 0.174. The number of rotatable bonds is 7. The van der Waals surface area contributed by atoms with Crippen LogP contribution in [-0.2, 0) is 0 Å². The van der Waals surface area contributed by atoms with Gasteiger partial charge in [-0.3, -0.25) is 4.79 Å². The zero-order valence-electron chi connectivity index (χ0n) is 13.3. The summed E-state index contributed by atoms with van der Waals surface area (Å²) in [4.78, 5) is 17.1. The lowest BCUT2D eigenvalue weighted by molar-refractivity contribution is 0.100. The van der Waals surface area contributed by atoms with Crippen molar-refractivity contribution in [2.24, 2.45) is 5.73 Å². The molecule has 0 saturated heterocycles. The van der Waals surface area contributed by atoms with E-state index in [1.165, 1.54) is 34.4 Å². The number of aliphatic hydroxyl groups is 1. The summed E-state index contributed by atoms with van der Waals surface area (Å²) < 4.78 is 0.906. The number of thioether (sulfide) groups is 1. The van der Waals surface area contributed by atoms with E-state index in [0.29, 0.717) is 17.2 Å². The van der Waals surface area contributed by atoms with Crippen molar-refractivity contribution in [2.75, 3.05) is 12.3 Å². The summed E-state index contributed by atoms with van der Waals surface area (Å²) in [6.07, 6.45) is -0.422. The maximum absolute atomic E-state index is 11.1. The Morgan fingerprint density at radius 2 is 2.22 bits per heavy atom. The highest BCUT2D eigenvalue weighted by atomic mass is 32.2. The van der Waals surface area contributed by atoms with E-state index in [9.17, 15) is 9.90 Å². The maximum atomic E-state index is 11.1. The second-order valence-corrected chi connectivity index (χ2v) is 9.33. The molecule has 5 nitrogen and oxygen atoms in total. The molecule has 0 aliphatic rings. The first kappa shape index (κ1) is 18.4. The van der Waals surface area contributed by atoms with E-state index in [-0.39, 0.29) is 5.54 Å². The summed E-state index contributed by atoms with van der Waals surface area (Å²) in [7, 11) is 0. The molecule has 2 aromatic heterocycles. The Hall–Kier alpha value is -0.930. The topological polar surface area (TPSA) is 88.2 Å². The van der Waals surface area contributed by atoms with Gasteiger partial charge < -0.3 is 16.2 Å². The normalized spacial score (nSPS) is 13.2. The van der Waals surface area contributed by atoms with E-state index in [1.807, 2.05) is 11.4 Å². The zero-order chi connectivity index (χ0) is 17.0. The number of hydrogen-bond acceptors (Lipinski definition) is 7. The Morgan fingerprint density at radius 3 is 2.83 bits per heavy atom. The SMILES string of the molecule is CC(C)(C)NC[C@@H](O)CSc1nc(-c2ccc(C(N)=O)s2)cs1. The van der Waals surface area contributed by atoms with Gasteiger partial charge >= 0.3 is 0 Å². The van der Waals surface area contributed by atoms with E-state index in [1.54, 1.807) is 6.07 Å². The van der Waals surface area contributed by atoms with Crippen LogP contribution in [-0.4, -0.2) is 39.9 Å². The van der Waals surface area contributed by atoms with Crippen LogP contribution in [0.1, 0.15) is 30.4 Å². The average molecular weight is 372 g/mol. The number of nitrogens with two attached hydrogens (primary N) is 1. The molecule has 0 aromatic carbocycles. The number of aromatic nitrogens is 1. The first-order chi connectivity index (χ1) is 10.7. The van der Waals surface area contributed by atoms with Crippen LogP contribution in [0.3, 0.4) is 0 Å². The van der Waals surface area contributed by atoms with Crippen LogP contribution in [0.25, 0.3) is 10.6 Å². The van der Waals surface area contributed by atoms with Gasteiger partial charge in [0.2, 0.25) is 0 Å². The number of carbonyl (C=O) groups excluding carboxylic acids is 1. The Bertz CT molecular complexity index is 661. The van der Waals surface area contributed by atoms with Crippen molar-refractivity contribution in [3.63, 3.8) is 0 Å². The number of nitrogens with zero attached hydrogens (tertiary/aromatic N) is 1. The molecular weight excluding hydrogens is 350 g/mol. The summed E-state index contributed by atoms with van der Waals surface area (Å²) in [6, 6.07) is 3.58. The fourth-order valence-electron chi connectivity index (χ4n) is 1.70. The predicted octanol–water partition coefficient (Wildman–Crippen LogP) is 2.81. The molecule has 126 valence electrons. The standard InChI is InChI=1S/C15H21N3O2S3/c1-15(2,3)17-6-9(19)7-21-14-18-10(8-22-14)11-4-5-12(23-11)13(16)20/h4-5,8-9,17,19H,6-7H2,1-3H3,(H2,16,20)/t9-/m1/s1. The molecule has 0 fully saturated rings. The number of β-amino-alcohol motifs (C(OH)–C–C–N with tert-alkyl or cyclic N) is 1. The molecular formula is C15H21N3O2S3. The molecule has 2 aromatic rings. The number of hydrogen-bond donors (Lipinski definition) is 3. The second kappa shape index (κ2) is 7.76. The van der Waals surface area contributed by atoms with Gasteiger partial charge in [0.05, 0.1) is 21.6 Å². The Labute approximate surface area is 148 Å². The molecule has 0 unspecified atom stereocenters. The zero-order valence-corrected chi connectivity index (χ0v) is 15.8. The van der Waals surface area contributed by atoms with Gasteiger partial charge in [-0.25, -0.2) is 4.98 Å². The molecule has 0 spiro atoms. The van der Waals surface area contributed by atoms with Gasteiger partial charge in [-0.15, -0.1) is 22.7 Å². The fraction of sp³-hybridized carbons (Fsp3) is 0.467. The lowest BCUT2D eigenvalue weighted by Crippen LogP contribution is -2.41. The fourth-order valence-corrected chi connectivity index (χ4v) is 4.37. The van der Waals surface area contributed by atoms with Crippen molar-refractivity contribution in [1.29, 1.82) is 0 Å². The molecule has 0 aliphatic heterocycles. The Morgan fingerprint density at radius 1 is 1.48 bits per heavy atom. The first-order valence-corrected chi connectivity index (χ1v) is 9.84. The van der Waals surface area contributed by atoms with Gasteiger partial charge in [-0.2, -0.15) is 0 Å². The highest BCUT2D eigenvalue weighted by Gasteiger charge is 2.14. The van der Waals surface area contributed by atoms with E-state index >= 15 is 0 Å². The molecule has 1 atom stereocenters. The van der Waals surface area contributed by atoms with Crippen molar-refractivity contribution in [3.8, 4) is 10.6 Å². The second-order valence-electron chi connectivity index (χ2n) is 6.12. The molecule has 8 heteroatoms. The number of primary amides is 1. The van der Waals surface area contributed by atoms with Gasteiger partial charge in [0.15, 0.2) is 4.34 Å². The minimum absolute atomic E-state index is 0.00268. The van der Waals surface area contributed by atoms with Crippen molar-refractivity contribution >= 4 is 40.3 Å². The summed E-state index contributed by atoms with van der Waals surface area (Å²) >= 11 is 4.42. The highest BCUT2D eigenvalue weighted by Crippen LogP contribution is 2.32. The van der Waals surface area contributed by atoms with E-state index in [2.05, 4.69) is 31.1 Å². The van der Waals surface area contributed by atoms with Crippen LogP contribution >= 0.6 is 34.4 Å². The number of thiazole rings is 1. The van der Waals surface area contributed by atoms with E-state index < -0.39 is 12.0 Å². The van der Waals surface area contributed by atoms with Crippen LogP contribution in [0.5, 0.6) is 0 Å². The third kappa shape index (κ3) is 5.89. The molecule has 2 rings (SSSR count). The molecule has 23 heavy (non-hydrogen) atoms. The van der Waals surface area contributed by atoms with Gasteiger partial charge in [0.1, 0.15) is 0 Å². The molecule has 0 radical (unpaired) electrons. The largest absolute Gasteiger partial charge is 0.391 e. The van der Waals surface area contributed by atoms with Crippen LogP contribution in [0.2, 0.25) is 0 Å². The number of nitrogens with one attached hydrogen (secondary N) is 1. The maximum Gasteiger partial charge on any atom is 0.258 e. The van der Waals surface area contributed by atoms with Gasteiger partial charge in [-0.05, 0) is 32.9 Å². The monoisotopic (exact) mass is 371 g/mol. The number of aliphatic hydroxyl groups excluding tert-OH is 1. The van der Waals surface area contributed by atoms with Crippen LogP contribution < -0.4 is 11.1 Å². The lowest BCUT2D eigenvalue weighted by Gasteiger charge is -2.22. The summed E-state index contributed by atoms with van der Waals surface area (Å²) in [5.41, 5.74) is 6.11. The van der Waals surface area contributed by atoms with Crippen LogP contribution in [0.4, 0.5) is 0 Å². The van der Waals surface area contributed by atoms with E-state index in [0.717, 1.165) is 14.9 Å². The van der Waals surface area contributed by atoms with Crippen molar-refractivity contribution in [1.82, 2.24) is 10.3 Å².